The second kappa shape index (κ2) is 6.90. The molecule has 0 fully saturated rings. The van der Waals surface area contributed by atoms with Crippen molar-refractivity contribution in [1.29, 1.82) is 0 Å². The minimum Gasteiger partial charge on any atom is -0.313 e. The van der Waals surface area contributed by atoms with Gasteiger partial charge in [-0.3, -0.25) is 0 Å². The third-order valence-corrected chi connectivity index (χ3v) is 4.50. The van der Waals surface area contributed by atoms with Gasteiger partial charge in [0.25, 0.3) is 0 Å². The summed E-state index contributed by atoms with van der Waals surface area (Å²) in [5, 5.41) is 4.25. The lowest BCUT2D eigenvalue weighted by Gasteiger charge is -2.17. The average molecular weight is 377 g/mol. The first-order valence-electron chi connectivity index (χ1n) is 6.07. The van der Waals surface area contributed by atoms with E-state index in [9.17, 15) is 4.39 Å². The van der Waals surface area contributed by atoms with E-state index in [0.717, 1.165) is 11.1 Å². The molecule has 2 aromatic rings. The Balaban J connectivity index is 2.23. The molecule has 106 valence electrons. The SMILES string of the molecule is CNC(Cc1ccc(Cl)c(Cl)c1)c1ccc(Br)c(F)c1. The fraction of sp³-hybridized carbons (Fsp3) is 0.200. The molecule has 1 atom stereocenters. The van der Waals surface area contributed by atoms with Crippen molar-refractivity contribution in [3.05, 3.63) is 67.9 Å². The molecular formula is C15H13BrCl2FN. The second-order valence-electron chi connectivity index (χ2n) is 4.47. The van der Waals surface area contributed by atoms with Gasteiger partial charge in [-0.05, 0) is 64.8 Å². The van der Waals surface area contributed by atoms with Crippen LogP contribution < -0.4 is 5.32 Å². The van der Waals surface area contributed by atoms with Gasteiger partial charge in [0.15, 0.2) is 0 Å². The van der Waals surface area contributed by atoms with Crippen LogP contribution in [0.3, 0.4) is 0 Å². The molecular weight excluding hydrogens is 364 g/mol. The number of benzene rings is 2. The predicted octanol–water partition coefficient (Wildman–Crippen LogP) is 5.40. The molecule has 1 N–H and O–H groups in total. The fourth-order valence-electron chi connectivity index (χ4n) is 2.02. The summed E-state index contributed by atoms with van der Waals surface area (Å²) in [7, 11) is 1.85. The maximum atomic E-state index is 13.6. The lowest BCUT2D eigenvalue weighted by Crippen LogP contribution is -2.19. The Morgan fingerprint density at radius 3 is 2.50 bits per heavy atom. The summed E-state index contributed by atoms with van der Waals surface area (Å²) in [6.07, 6.45) is 0.703. The van der Waals surface area contributed by atoms with Crippen molar-refractivity contribution < 1.29 is 4.39 Å². The predicted molar refractivity (Wildman–Crippen MR) is 86.1 cm³/mol. The Bertz CT molecular complexity index is 619. The molecule has 0 amide bonds. The van der Waals surface area contributed by atoms with Crippen molar-refractivity contribution >= 4 is 39.1 Å². The van der Waals surface area contributed by atoms with E-state index in [0.29, 0.717) is 20.9 Å². The number of nitrogens with one attached hydrogen (secondary N) is 1. The van der Waals surface area contributed by atoms with Gasteiger partial charge in [-0.2, -0.15) is 0 Å². The van der Waals surface area contributed by atoms with Gasteiger partial charge in [-0.25, -0.2) is 4.39 Å². The molecule has 0 heterocycles. The standard InChI is InChI=1S/C15H13BrCl2FN/c1-20-15(10-3-4-11(16)14(19)8-10)7-9-2-5-12(17)13(18)6-9/h2-6,8,15,20H,7H2,1H3. The topological polar surface area (TPSA) is 12.0 Å². The molecule has 0 spiro atoms. The summed E-state index contributed by atoms with van der Waals surface area (Å²) in [5.74, 6) is -0.267. The monoisotopic (exact) mass is 375 g/mol. The van der Waals surface area contributed by atoms with Gasteiger partial charge in [-0.15, -0.1) is 0 Å². The summed E-state index contributed by atoms with van der Waals surface area (Å²) >= 11 is 15.1. The van der Waals surface area contributed by atoms with Gasteiger partial charge in [0, 0.05) is 6.04 Å². The van der Waals surface area contributed by atoms with E-state index in [1.165, 1.54) is 6.07 Å². The van der Waals surface area contributed by atoms with E-state index >= 15 is 0 Å². The normalized spacial score (nSPS) is 12.4. The first kappa shape index (κ1) is 15.8. The highest BCUT2D eigenvalue weighted by atomic mass is 79.9. The van der Waals surface area contributed by atoms with Crippen LogP contribution in [0.2, 0.25) is 10.0 Å². The zero-order chi connectivity index (χ0) is 14.7. The lowest BCUT2D eigenvalue weighted by atomic mass is 9.99. The number of hydrogen-bond acceptors (Lipinski definition) is 1. The van der Waals surface area contributed by atoms with Gasteiger partial charge in [0.05, 0.1) is 14.5 Å². The third kappa shape index (κ3) is 3.73. The smallest absolute Gasteiger partial charge is 0.137 e. The van der Waals surface area contributed by atoms with Gasteiger partial charge >= 0.3 is 0 Å². The molecule has 1 nitrogen and oxygen atoms in total. The second-order valence-corrected chi connectivity index (χ2v) is 6.14. The first-order chi connectivity index (χ1) is 9.51. The molecule has 20 heavy (non-hydrogen) atoms. The van der Waals surface area contributed by atoms with Crippen molar-refractivity contribution in [2.24, 2.45) is 0 Å². The van der Waals surface area contributed by atoms with Gasteiger partial charge in [0.2, 0.25) is 0 Å². The maximum Gasteiger partial charge on any atom is 0.137 e. The van der Waals surface area contributed by atoms with Crippen LogP contribution in [-0.4, -0.2) is 7.05 Å². The molecule has 0 saturated heterocycles. The van der Waals surface area contributed by atoms with E-state index in [2.05, 4.69) is 21.2 Å². The van der Waals surface area contributed by atoms with Gasteiger partial charge in [0.1, 0.15) is 5.82 Å². The Morgan fingerprint density at radius 2 is 1.90 bits per heavy atom. The molecule has 5 heteroatoms. The molecule has 2 rings (SSSR count). The van der Waals surface area contributed by atoms with Crippen molar-refractivity contribution in [2.45, 2.75) is 12.5 Å². The summed E-state index contributed by atoms with van der Waals surface area (Å²) in [4.78, 5) is 0. The quantitative estimate of drug-likeness (QED) is 0.753. The van der Waals surface area contributed by atoms with Gasteiger partial charge in [-0.1, -0.05) is 35.3 Å². The lowest BCUT2D eigenvalue weighted by molar-refractivity contribution is 0.575. The Morgan fingerprint density at radius 1 is 1.15 bits per heavy atom. The van der Waals surface area contributed by atoms with E-state index in [4.69, 9.17) is 23.2 Å². The Hall–Kier alpha value is -0.610. The molecule has 0 radical (unpaired) electrons. The van der Waals surface area contributed by atoms with Crippen LogP contribution in [-0.2, 0) is 6.42 Å². The summed E-state index contributed by atoms with van der Waals surface area (Å²) in [5.41, 5.74) is 1.93. The van der Waals surface area contributed by atoms with Gasteiger partial charge < -0.3 is 5.32 Å². The van der Waals surface area contributed by atoms with Crippen LogP contribution in [0.15, 0.2) is 40.9 Å². The molecule has 0 aliphatic rings. The van der Waals surface area contributed by atoms with Crippen molar-refractivity contribution in [3.8, 4) is 0 Å². The Kier molecular flexibility index (Phi) is 5.44. The van der Waals surface area contributed by atoms with E-state index in [1.54, 1.807) is 12.1 Å². The fourth-order valence-corrected chi connectivity index (χ4v) is 2.59. The third-order valence-electron chi connectivity index (χ3n) is 3.12. The molecule has 0 saturated carbocycles. The zero-order valence-corrected chi connectivity index (χ0v) is 13.9. The molecule has 0 aliphatic carbocycles. The first-order valence-corrected chi connectivity index (χ1v) is 7.62. The van der Waals surface area contributed by atoms with Crippen molar-refractivity contribution in [1.82, 2.24) is 5.32 Å². The molecule has 0 aliphatic heterocycles. The average Bonchev–Trinajstić information content (AvgIpc) is 2.43. The summed E-state index contributed by atoms with van der Waals surface area (Å²) in [6.45, 7) is 0. The van der Waals surface area contributed by atoms with Crippen LogP contribution in [0.4, 0.5) is 4.39 Å². The van der Waals surface area contributed by atoms with Crippen LogP contribution in [0.5, 0.6) is 0 Å². The van der Waals surface area contributed by atoms with Crippen LogP contribution in [0.25, 0.3) is 0 Å². The van der Waals surface area contributed by atoms with E-state index < -0.39 is 0 Å². The largest absolute Gasteiger partial charge is 0.313 e. The molecule has 1 unspecified atom stereocenters. The minimum atomic E-state index is -0.267. The zero-order valence-electron chi connectivity index (χ0n) is 10.8. The summed E-state index contributed by atoms with van der Waals surface area (Å²) < 4.78 is 14.1. The van der Waals surface area contributed by atoms with Crippen LogP contribution in [0, 0.1) is 5.82 Å². The highest BCUT2D eigenvalue weighted by Gasteiger charge is 2.13. The molecule has 2 aromatic carbocycles. The molecule has 0 bridgehead atoms. The Labute approximate surface area is 136 Å². The number of halogens is 4. The van der Waals surface area contributed by atoms with Crippen molar-refractivity contribution in [2.75, 3.05) is 7.05 Å². The van der Waals surface area contributed by atoms with E-state index in [-0.39, 0.29) is 11.9 Å². The van der Waals surface area contributed by atoms with E-state index in [1.807, 2.05) is 25.2 Å². The number of likely N-dealkylation sites (N-methyl/N-ethyl adjacent to an activating group) is 1. The van der Waals surface area contributed by atoms with Crippen LogP contribution >= 0.6 is 39.1 Å². The highest BCUT2D eigenvalue weighted by Crippen LogP contribution is 2.27. The maximum absolute atomic E-state index is 13.6. The number of rotatable bonds is 4. The molecule has 0 aromatic heterocycles. The number of hydrogen-bond donors (Lipinski definition) is 1. The van der Waals surface area contributed by atoms with Crippen LogP contribution in [0.1, 0.15) is 17.2 Å². The van der Waals surface area contributed by atoms with Crippen molar-refractivity contribution in [3.63, 3.8) is 0 Å². The summed E-state index contributed by atoms with van der Waals surface area (Å²) in [6, 6.07) is 10.7. The highest BCUT2D eigenvalue weighted by molar-refractivity contribution is 9.10. The minimum absolute atomic E-state index is 0.00911.